The summed E-state index contributed by atoms with van der Waals surface area (Å²) < 4.78 is 23.0. The fraction of sp³-hybridized carbons (Fsp3) is 0.682. The fourth-order valence-electron chi connectivity index (χ4n) is 3.49. The number of piperazine rings is 1. The number of hydrogen-bond acceptors (Lipinski definition) is 4. The quantitative estimate of drug-likeness (QED) is 0.541. The molecule has 1 N–H and O–H groups in total. The Labute approximate surface area is 177 Å². The van der Waals surface area contributed by atoms with Crippen LogP contribution in [-0.2, 0) is 9.84 Å². The van der Waals surface area contributed by atoms with Gasteiger partial charge >= 0.3 is 0 Å². The second kappa shape index (κ2) is 9.83. The molecule has 1 aliphatic heterocycles. The van der Waals surface area contributed by atoms with Gasteiger partial charge in [0.1, 0.15) is 9.84 Å². The molecule has 6 nitrogen and oxygen atoms in total. The summed E-state index contributed by atoms with van der Waals surface area (Å²) in [5.74, 6) is 1.14. The summed E-state index contributed by atoms with van der Waals surface area (Å²) >= 11 is 0. The molecule has 1 fully saturated rings. The van der Waals surface area contributed by atoms with Crippen molar-refractivity contribution < 1.29 is 8.42 Å². The first-order valence-electron chi connectivity index (χ1n) is 10.5. The van der Waals surface area contributed by atoms with E-state index in [1.165, 1.54) is 23.1 Å². The van der Waals surface area contributed by atoms with Gasteiger partial charge < -0.3 is 15.1 Å². The van der Waals surface area contributed by atoms with Crippen LogP contribution in [0.4, 0.5) is 5.69 Å². The molecular formula is C22H38N4O2S. The lowest BCUT2D eigenvalue weighted by atomic mass is 9.90. The van der Waals surface area contributed by atoms with Crippen molar-refractivity contribution in [2.45, 2.75) is 41.0 Å². The Balaban J connectivity index is 2.01. The van der Waals surface area contributed by atoms with E-state index in [1.54, 1.807) is 0 Å². The van der Waals surface area contributed by atoms with Gasteiger partial charge in [0.15, 0.2) is 5.96 Å². The van der Waals surface area contributed by atoms with Crippen LogP contribution in [0, 0.1) is 19.3 Å². The van der Waals surface area contributed by atoms with Gasteiger partial charge in [-0.1, -0.05) is 26.0 Å². The zero-order valence-electron chi connectivity index (χ0n) is 19.0. The number of anilines is 1. The Kier molecular flexibility index (Phi) is 7.97. The largest absolute Gasteiger partial charge is 0.368 e. The number of sulfone groups is 1. The predicted octanol–water partition coefficient (Wildman–Crippen LogP) is 2.85. The summed E-state index contributed by atoms with van der Waals surface area (Å²) in [5.41, 5.74) is 3.86. The van der Waals surface area contributed by atoms with E-state index in [0.717, 1.165) is 38.7 Å². The summed E-state index contributed by atoms with van der Waals surface area (Å²) in [6, 6.07) is 6.51. The molecule has 164 valence electrons. The van der Waals surface area contributed by atoms with E-state index in [2.05, 4.69) is 67.9 Å². The molecule has 0 saturated carbocycles. The van der Waals surface area contributed by atoms with Crippen molar-refractivity contribution in [3.05, 3.63) is 29.3 Å². The highest BCUT2D eigenvalue weighted by Gasteiger charge is 2.23. The van der Waals surface area contributed by atoms with Crippen molar-refractivity contribution in [2.24, 2.45) is 10.4 Å². The lowest BCUT2D eigenvalue weighted by Crippen LogP contribution is -2.53. The number of benzene rings is 1. The summed E-state index contributed by atoms with van der Waals surface area (Å²) in [6.45, 7) is 15.8. The maximum atomic E-state index is 11.5. The molecule has 7 heteroatoms. The van der Waals surface area contributed by atoms with Gasteiger partial charge in [0.25, 0.3) is 0 Å². The maximum Gasteiger partial charge on any atom is 0.194 e. The highest BCUT2D eigenvalue weighted by atomic mass is 32.2. The molecule has 29 heavy (non-hydrogen) atoms. The van der Waals surface area contributed by atoms with Crippen LogP contribution in [0.25, 0.3) is 0 Å². The molecule has 0 radical (unpaired) electrons. The molecule has 1 saturated heterocycles. The highest BCUT2D eigenvalue weighted by Crippen LogP contribution is 2.24. The Bertz CT molecular complexity index is 810. The minimum absolute atomic E-state index is 0.149. The van der Waals surface area contributed by atoms with Crippen molar-refractivity contribution in [3.63, 3.8) is 0 Å². The lowest BCUT2D eigenvalue weighted by molar-refractivity contribution is 0.348. The van der Waals surface area contributed by atoms with Crippen LogP contribution in [0.15, 0.2) is 23.2 Å². The number of nitrogens with one attached hydrogen (secondary N) is 1. The lowest BCUT2D eigenvalue weighted by Gasteiger charge is -2.38. The molecule has 0 atom stereocenters. The Hall–Kier alpha value is -1.76. The number of hydrogen-bond donors (Lipinski definition) is 1. The first-order valence-corrected chi connectivity index (χ1v) is 12.6. The van der Waals surface area contributed by atoms with Gasteiger partial charge in [-0.2, -0.15) is 0 Å². The van der Waals surface area contributed by atoms with Crippen molar-refractivity contribution in [2.75, 3.05) is 56.2 Å². The van der Waals surface area contributed by atoms with Crippen LogP contribution in [-0.4, -0.2) is 70.6 Å². The molecule has 0 unspecified atom stereocenters. The van der Waals surface area contributed by atoms with Crippen molar-refractivity contribution in [1.82, 2.24) is 10.2 Å². The molecule has 0 spiro atoms. The van der Waals surface area contributed by atoms with Gasteiger partial charge in [-0.3, -0.25) is 4.99 Å². The number of nitrogens with zero attached hydrogens (tertiary/aromatic N) is 3. The molecule has 2 rings (SSSR count). The van der Waals surface area contributed by atoms with Gasteiger partial charge in [-0.15, -0.1) is 0 Å². The third kappa shape index (κ3) is 7.21. The molecule has 0 amide bonds. The average Bonchev–Trinajstić information content (AvgIpc) is 2.66. The smallest absolute Gasteiger partial charge is 0.194 e. The third-order valence-electron chi connectivity index (χ3n) is 5.64. The SMILES string of the molecule is CCNC(=NCC(C)(C)CCS(C)(=O)=O)N1CCN(c2cccc(C)c2C)CC1. The van der Waals surface area contributed by atoms with Gasteiger partial charge in [0.2, 0.25) is 0 Å². The number of guanidine groups is 1. The summed E-state index contributed by atoms with van der Waals surface area (Å²) in [5, 5.41) is 3.41. The number of aliphatic imine (C=N–C) groups is 1. The van der Waals surface area contributed by atoms with Crippen LogP contribution >= 0.6 is 0 Å². The normalized spacial score (nSPS) is 16.3. The van der Waals surface area contributed by atoms with Crippen LogP contribution < -0.4 is 10.2 Å². The van der Waals surface area contributed by atoms with Gasteiger partial charge in [0.05, 0.1) is 5.75 Å². The molecule has 1 aromatic carbocycles. The predicted molar refractivity (Wildman–Crippen MR) is 124 cm³/mol. The Morgan fingerprint density at radius 1 is 1.17 bits per heavy atom. The topological polar surface area (TPSA) is 65.0 Å². The minimum atomic E-state index is -2.95. The van der Waals surface area contributed by atoms with Crippen LogP contribution in [0.3, 0.4) is 0 Å². The monoisotopic (exact) mass is 422 g/mol. The van der Waals surface area contributed by atoms with E-state index in [1.807, 2.05) is 0 Å². The van der Waals surface area contributed by atoms with E-state index < -0.39 is 9.84 Å². The molecule has 1 aliphatic rings. The molecule has 0 aromatic heterocycles. The zero-order valence-corrected chi connectivity index (χ0v) is 19.8. The molecular weight excluding hydrogens is 384 g/mol. The van der Waals surface area contributed by atoms with E-state index >= 15 is 0 Å². The highest BCUT2D eigenvalue weighted by molar-refractivity contribution is 7.90. The first-order chi connectivity index (χ1) is 13.5. The van der Waals surface area contributed by atoms with E-state index in [0.29, 0.717) is 13.0 Å². The van der Waals surface area contributed by atoms with Crippen molar-refractivity contribution >= 4 is 21.5 Å². The third-order valence-corrected chi connectivity index (χ3v) is 6.58. The molecule has 0 bridgehead atoms. The number of aryl methyl sites for hydroxylation is 1. The fourth-order valence-corrected chi connectivity index (χ4v) is 4.42. The minimum Gasteiger partial charge on any atom is -0.368 e. The van der Waals surface area contributed by atoms with E-state index in [4.69, 9.17) is 4.99 Å². The van der Waals surface area contributed by atoms with Gasteiger partial charge in [-0.05, 0) is 49.8 Å². The van der Waals surface area contributed by atoms with Crippen LogP contribution in [0.5, 0.6) is 0 Å². The number of rotatable bonds is 7. The van der Waals surface area contributed by atoms with Crippen LogP contribution in [0.2, 0.25) is 0 Å². The average molecular weight is 423 g/mol. The second-order valence-corrected chi connectivity index (χ2v) is 11.2. The maximum absolute atomic E-state index is 11.5. The Morgan fingerprint density at radius 3 is 2.41 bits per heavy atom. The Morgan fingerprint density at radius 2 is 1.83 bits per heavy atom. The molecule has 1 heterocycles. The summed E-state index contributed by atoms with van der Waals surface area (Å²) in [4.78, 5) is 9.63. The summed E-state index contributed by atoms with van der Waals surface area (Å²) in [6.07, 6.45) is 1.92. The first kappa shape index (κ1) is 23.5. The zero-order chi connectivity index (χ0) is 21.7. The second-order valence-electron chi connectivity index (χ2n) is 8.91. The molecule has 1 aromatic rings. The van der Waals surface area contributed by atoms with Gasteiger partial charge in [0, 0.05) is 51.2 Å². The van der Waals surface area contributed by atoms with E-state index in [9.17, 15) is 8.42 Å². The van der Waals surface area contributed by atoms with Crippen molar-refractivity contribution in [3.8, 4) is 0 Å². The van der Waals surface area contributed by atoms with E-state index in [-0.39, 0.29) is 11.2 Å². The summed E-state index contributed by atoms with van der Waals surface area (Å²) in [7, 11) is -2.95. The van der Waals surface area contributed by atoms with Gasteiger partial charge in [-0.25, -0.2) is 8.42 Å². The standard InChI is InChI=1S/C22H38N4O2S/c1-7-23-21(24-17-22(4,5)11-16-29(6,27)28)26-14-12-25(13-15-26)20-10-8-9-18(2)19(20)3/h8-10H,7,11-17H2,1-6H3,(H,23,24). The molecule has 0 aliphatic carbocycles. The van der Waals surface area contributed by atoms with Crippen molar-refractivity contribution in [1.29, 1.82) is 0 Å². The van der Waals surface area contributed by atoms with Crippen LogP contribution in [0.1, 0.15) is 38.3 Å².